The molecule has 1 aromatic carbocycles. The summed E-state index contributed by atoms with van der Waals surface area (Å²) in [5, 5.41) is 13.0. The van der Waals surface area contributed by atoms with E-state index in [9.17, 15) is 9.18 Å². The number of nitrogens with zero attached hydrogens (tertiary/aromatic N) is 1. The van der Waals surface area contributed by atoms with Gasteiger partial charge in [0, 0.05) is 18.2 Å². The predicted octanol–water partition coefficient (Wildman–Crippen LogP) is 2.12. The molecule has 1 aliphatic heterocycles. The van der Waals surface area contributed by atoms with Crippen LogP contribution in [-0.4, -0.2) is 35.2 Å². The number of nitrogens with one attached hydrogen (secondary N) is 3. The summed E-state index contributed by atoms with van der Waals surface area (Å²) in [7, 11) is 0. The van der Waals surface area contributed by atoms with E-state index in [0.717, 1.165) is 24.9 Å². The second-order valence-corrected chi connectivity index (χ2v) is 5.17. The fraction of sp³-hybridized carbons (Fsp3) is 0.333. The van der Waals surface area contributed by atoms with Crippen molar-refractivity contribution in [3.8, 4) is 11.3 Å². The van der Waals surface area contributed by atoms with E-state index in [2.05, 4.69) is 20.8 Å². The molecule has 1 aliphatic rings. The molecule has 2 aromatic rings. The van der Waals surface area contributed by atoms with Crippen LogP contribution in [0.5, 0.6) is 0 Å². The van der Waals surface area contributed by atoms with Crippen LogP contribution in [0.3, 0.4) is 0 Å². The van der Waals surface area contributed by atoms with E-state index in [1.807, 2.05) is 0 Å². The first-order valence-corrected chi connectivity index (χ1v) is 7.05. The Morgan fingerprint density at radius 1 is 1.36 bits per heavy atom. The number of carbonyl (C=O) groups excluding carboxylic acids is 1. The van der Waals surface area contributed by atoms with Crippen LogP contribution >= 0.6 is 12.4 Å². The number of rotatable bonds is 4. The topological polar surface area (TPSA) is 69.8 Å². The van der Waals surface area contributed by atoms with E-state index < -0.39 is 0 Å². The third kappa shape index (κ3) is 3.64. The predicted molar refractivity (Wildman–Crippen MR) is 84.6 cm³/mol. The number of halogens is 2. The molecule has 3 rings (SSSR count). The summed E-state index contributed by atoms with van der Waals surface area (Å²) >= 11 is 0. The van der Waals surface area contributed by atoms with Gasteiger partial charge in [0.1, 0.15) is 5.82 Å². The normalized spacial score (nSPS) is 17.0. The third-order valence-electron chi connectivity index (χ3n) is 3.69. The van der Waals surface area contributed by atoms with Crippen LogP contribution in [0.1, 0.15) is 23.2 Å². The van der Waals surface area contributed by atoms with Gasteiger partial charge in [-0.25, -0.2) is 4.39 Å². The Labute approximate surface area is 134 Å². The monoisotopic (exact) mass is 324 g/mol. The second kappa shape index (κ2) is 7.38. The van der Waals surface area contributed by atoms with Gasteiger partial charge in [0.15, 0.2) is 0 Å². The van der Waals surface area contributed by atoms with Crippen LogP contribution in [0.2, 0.25) is 0 Å². The van der Waals surface area contributed by atoms with E-state index in [-0.39, 0.29) is 24.1 Å². The smallest absolute Gasteiger partial charge is 0.255 e. The Hall–Kier alpha value is -1.92. The highest BCUT2D eigenvalue weighted by molar-refractivity contribution is 5.99. The molecule has 1 amide bonds. The minimum Gasteiger partial charge on any atom is -0.350 e. The van der Waals surface area contributed by atoms with Gasteiger partial charge >= 0.3 is 0 Å². The lowest BCUT2D eigenvalue weighted by atomic mass is 10.1. The first-order valence-electron chi connectivity index (χ1n) is 7.05. The van der Waals surface area contributed by atoms with Crippen molar-refractivity contribution in [2.75, 3.05) is 13.1 Å². The van der Waals surface area contributed by atoms with Gasteiger partial charge in [-0.1, -0.05) is 0 Å². The van der Waals surface area contributed by atoms with Crippen molar-refractivity contribution < 1.29 is 9.18 Å². The van der Waals surface area contributed by atoms with Crippen molar-refractivity contribution in [1.82, 2.24) is 20.8 Å². The Kier molecular flexibility index (Phi) is 5.51. The number of amides is 1. The van der Waals surface area contributed by atoms with Crippen molar-refractivity contribution in [2.24, 2.45) is 0 Å². The summed E-state index contributed by atoms with van der Waals surface area (Å²) in [5.41, 5.74) is 1.81. The molecule has 0 spiro atoms. The molecule has 0 aliphatic carbocycles. The zero-order valence-corrected chi connectivity index (χ0v) is 12.8. The molecule has 1 aromatic heterocycles. The zero-order valence-electron chi connectivity index (χ0n) is 11.9. The molecule has 0 radical (unpaired) electrons. The standard InChI is InChI=1S/C15H17FN4O.ClH/c16-11-5-3-10(4-6-11)14-13(9-19-20-14)15(21)18-8-12-2-1-7-17-12;/h3-6,9,12,17H,1-2,7-8H2,(H,18,21)(H,19,20);1H. The quantitative estimate of drug-likeness (QED) is 0.807. The summed E-state index contributed by atoms with van der Waals surface area (Å²) in [6, 6.07) is 6.31. The highest BCUT2D eigenvalue weighted by Crippen LogP contribution is 2.21. The van der Waals surface area contributed by atoms with Crippen LogP contribution < -0.4 is 10.6 Å². The molecule has 5 nitrogen and oxygen atoms in total. The van der Waals surface area contributed by atoms with Crippen molar-refractivity contribution >= 4 is 18.3 Å². The lowest BCUT2D eigenvalue weighted by molar-refractivity contribution is 0.0951. The Morgan fingerprint density at radius 3 is 2.82 bits per heavy atom. The van der Waals surface area contributed by atoms with Gasteiger partial charge in [-0.2, -0.15) is 5.10 Å². The molecule has 1 unspecified atom stereocenters. The van der Waals surface area contributed by atoms with Gasteiger partial charge in [-0.05, 0) is 43.7 Å². The first kappa shape index (κ1) is 16.5. The Balaban J connectivity index is 0.00000176. The van der Waals surface area contributed by atoms with E-state index in [1.165, 1.54) is 18.3 Å². The Bertz CT molecular complexity index is 623. The van der Waals surface area contributed by atoms with Crippen molar-refractivity contribution in [2.45, 2.75) is 18.9 Å². The maximum absolute atomic E-state index is 13.0. The SMILES string of the molecule is Cl.O=C(NCC1CCCN1)c1cn[nH]c1-c1ccc(F)cc1. The average molecular weight is 325 g/mol. The molecule has 7 heteroatoms. The van der Waals surface area contributed by atoms with Crippen LogP contribution in [0, 0.1) is 5.82 Å². The van der Waals surface area contributed by atoms with Gasteiger partial charge in [-0.3, -0.25) is 9.89 Å². The van der Waals surface area contributed by atoms with Crippen molar-refractivity contribution in [3.63, 3.8) is 0 Å². The minimum absolute atomic E-state index is 0. The highest BCUT2D eigenvalue weighted by Gasteiger charge is 2.18. The van der Waals surface area contributed by atoms with Crippen LogP contribution in [-0.2, 0) is 0 Å². The van der Waals surface area contributed by atoms with Crippen LogP contribution in [0.4, 0.5) is 4.39 Å². The zero-order chi connectivity index (χ0) is 14.7. The number of aromatic amines is 1. The molecule has 0 saturated carbocycles. The number of aromatic nitrogens is 2. The number of carbonyl (C=O) groups is 1. The van der Waals surface area contributed by atoms with Crippen LogP contribution in [0.15, 0.2) is 30.5 Å². The van der Waals surface area contributed by atoms with E-state index >= 15 is 0 Å². The van der Waals surface area contributed by atoms with Gasteiger partial charge < -0.3 is 10.6 Å². The molecule has 0 bridgehead atoms. The van der Waals surface area contributed by atoms with Crippen molar-refractivity contribution in [3.05, 3.63) is 41.8 Å². The maximum Gasteiger partial charge on any atom is 0.255 e. The minimum atomic E-state index is -0.309. The van der Waals surface area contributed by atoms with Gasteiger partial charge in [0.2, 0.25) is 0 Å². The summed E-state index contributed by atoms with van der Waals surface area (Å²) < 4.78 is 13.0. The number of hydrogen-bond donors (Lipinski definition) is 3. The maximum atomic E-state index is 13.0. The Morgan fingerprint density at radius 2 is 2.14 bits per heavy atom. The largest absolute Gasteiger partial charge is 0.350 e. The van der Waals surface area contributed by atoms with Crippen LogP contribution in [0.25, 0.3) is 11.3 Å². The number of benzene rings is 1. The fourth-order valence-electron chi connectivity index (χ4n) is 2.54. The van der Waals surface area contributed by atoms with Gasteiger partial charge in [0.05, 0.1) is 17.5 Å². The molecule has 1 fully saturated rings. The summed E-state index contributed by atoms with van der Waals surface area (Å²) in [6.45, 7) is 1.61. The molecule has 118 valence electrons. The van der Waals surface area contributed by atoms with Gasteiger partial charge in [0.25, 0.3) is 5.91 Å². The summed E-state index contributed by atoms with van der Waals surface area (Å²) in [4.78, 5) is 12.3. The van der Waals surface area contributed by atoms with Gasteiger partial charge in [-0.15, -0.1) is 12.4 Å². The average Bonchev–Trinajstić information content (AvgIpc) is 3.17. The second-order valence-electron chi connectivity index (χ2n) is 5.17. The first-order chi connectivity index (χ1) is 10.2. The highest BCUT2D eigenvalue weighted by atomic mass is 35.5. The summed E-state index contributed by atoms with van der Waals surface area (Å²) in [6.07, 6.45) is 3.72. The molecule has 1 saturated heterocycles. The molecule has 2 heterocycles. The lowest BCUT2D eigenvalue weighted by Crippen LogP contribution is -2.37. The molecular weight excluding hydrogens is 307 g/mol. The van der Waals surface area contributed by atoms with E-state index in [1.54, 1.807) is 12.1 Å². The third-order valence-corrected chi connectivity index (χ3v) is 3.69. The molecule has 1 atom stereocenters. The lowest BCUT2D eigenvalue weighted by Gasteiger charge is -2.11. The van der Waals surface area contributed by atoms with E-state index in [0.29, 0.717) is 23.8 Å². The van der Waals surface area contributed by atoms with Crippen molar-refractivity contribution in [1.29, 1.82) is 0 Å². The molecular formula is C15H18ClFN4O. The molecule has 22 heavy (non-hydrogen) atoms. The number of hydrogen-bond acceptors (Lipinski definition) is 3. The molecule has 3 N–H and O–H groups in total. The van der Waals surface area contributed by atoms with E-state index in [4.69, 9.17) is 0 Å². The number of H-pyrrole nitrogens is 1. The summed E-state index contributed by atoms with van der Waals surface area (Å²) in [5.74, 6) is -0.478. The fourth-order valence-corrected chi connectivity index (χ4v) is 2.54.